The number of aliphatic imine (C=N–C) groups is 1. The topological polar surface area (TPSA) is 53.5 Å². The molecular weight excluding hydrogens is 386 g/mol. The molecule has 0 aliphatic heterocycles. The first-order valence-corrected chi connectivity index (χ1v) is 12.1. The van der Waals surface area contributed by atoms with E-state index in [1.165, 1.54) is 17.7 Å². The van der Waals surface area contributed by atoms with Crippen LogP contribution in [0.3, 0.4) is 0 Å². The van der Waals surface area contributed by atoms with Crippen molar-refractivity contribution in [3.63, 3.8) is 0 Å². The Balaban J connectivity index is 1.45. The number of thioether (sulfide) groups is 1. The van der Waals surface area contributed by atoms with Gasteiger partial charge in [-0.2, -0.15) is 0 Å². The van der Waals surface area contributed by atoms with Gasteiger partial charge in [0.15, 0.2) is 5.96 Å². The van der Waals surface area contributed by atoms with E-state index in [4.69, 9.17) is 4.99 Å². The molecule has 28 heavy (non-hydrogen) atoms. The van der Waals surface area contributed by atoms with Gasteiger partial charge in [-0.1, -0.05) is 48.5 Å². The molecule has 0 amide bonds. The first kappa shape index (κ1) is 20.9. The molecule has 0 saturated heterocycles. The maximum atomic E-state index is 12.3. The number of hydrogen-bond donors (Lipinski definition) is 2. The molecule has 1 fully saturated rings. The van der Waals surface area contributed by atoms with Gasteiger partial charge >= 0.3 is 0 Å². The second kappa shape index (κ2) is 10.7. The summed E-state index contributed by atoms with van der Waals surface area (Å²) in [7, 11) is -0.876. The molecule has 1 atom stereocenters. The van der Waals surface area contributed by atoms with Crippen molar-refractivity contribution in [3.8, 4) is 0 Å². The Kier molecular flexibility index (Phi) is 7.98. The Bertz CT molecular complexity index is 777. The van der Waals surface area contributed by atoms with Crippen molar-refractivity contribution < 1.29 is 4.21 Å². The maximum Gasteiger partial charge on any atom is 0.191 e. The molecule has 0 spiro atoms. The third-order valence-corrected chi connectivity index (χ3v) is 7.34. The molecule has 150 valence electrons. The molecule has 0 bridgehead atoms. The minimum atomic E-state index is -0.876. The van der Waals surface area contributed by atoms with Crippen LogP contribution < -0.4 is 10.6 Å². The molecule has 6 heteroatoms. The molecule has 0 heterocycles. The van der Waals surface area contributed by atoms with E-state index >= 15 is 0 Å². The fourth-order valence-electron chi connectivity index (χ4n) is 2.85. The van der Waals surface area contributed by atoms with E-state index in [1.54, 1.807) is 0 Å². The van der Waals surface area contributed by atoms with Crippen LogP contribution in [0.5, 0.6) is 0 Å². The zero-order chi connectivity index (χ0) is 19.7. The molecular formula is C22H29N3OS2. The van der Waals surface area contributed by atoms with E-state index in [0.29, 0.717) is 18.1 Å². The summed E-state index contributed by atoms with van der Waals surface area (Å²) in [4.78, 5) is 6.11. The third-order valence-electron chi connectivity index (χ3n) is 4.55. The monoisotopic (exact) mass is 415 g/mol. The lowest BCUT2D eigenvalue weighted by Crippen LogP contribution is -2.39. The SMILES string of the molecule is CCNC(=NCC1(Sc2ccccc2)CC1)NCCS(=O)Cc1ccccc1. The highest BCUT2D eigenvalue weighted by Gasteiger charge is 2.43. The number of guanidine groups is 1. The number of nitrogens with one attached hydrogen (secondary N) is 2. The molecule has 3 rings (SSSR count). The molecule has 0 aromatic heterocycles. The van der Waals surface area contributed by atoms with E-state index in [1.807, 2.05) is 42.1 Å². The van der Waals surface area contributed by atoms with E-state index in [9.17, 15) is 4.21 Å². The number of hydrogen-bond acceptors (Lipinski definition) is 3. The molecule has 1 saturated carbocycles. The van der Waals surface area contributed by atoms with Gasteiger partial charge in [-0.3, -0.25) is 9.20 Å². The predicted octanol–water partition coefficient (Wildman–Crippen LogP) is 3.82. The molecule has 4 nitrogen and oxygen atoms in total. The normalized spacial score (nSPS) is 16.4. The molecule has 2 aromatic rings. The van der Waals surface area contributed by atoms with Gasteiger partial charge in [0, 0.05) is 45.0 Å². The number of rotatable bonds is 10. The largest absolute Gasteiger partial charge is 0.357 e. The first-order chi connectivity index (χ1) is 13.7. The van der Waals surface area contributed by atoms with Gasteiger partial charge in [-0.15, -0.1) is 11.8 Å². The van der Waals surface area contributed by atoms with E-state index < -0.39 is 10.8 Å². The van der Waals surface area contributed by atoms with Crippen molar-refractivity contribution in [1.29, 1.82) is 0 Å². The molecule has 1 unspecified atom stereocenters. The number of benzene rings is 2. The maximum absolute atomic E-state index is 12.3. The molecule has 1 aliphatic rings. The average Bonchev–Trinajstić information content (AvgIpc) is 3.47. The Labute approximate surface area is 175 Å². The average molecular weight is 416 g/mol. The van der Waals surface area contributed by atoms with E-state index in [2.05, 4.69) is 47.9 Å². The minimum absolute atomic E-state index is 0.236. The highest BCUT2D eigenvalue weighted by atomic mass is 32.2. The van der Waals surface area contributed by atoms with E-state index in [0.717, 1.165) is 24.6 Å². The zero-order valence-electron chi connectivity index (χ0n) is 16.4. The van der Waals surface area contributed by atoms with Crippen molar-refractivity contribution in [1.82, 2.24) is 10.6 Å². The first-order valence-electron chi connectivity index (χ1n) is 9.84. The van der Waals surface area contributed by atoms with Crippen LogP contribution in [-0.2, 0) is 16.6 Å². The Morgan fingerprint density at radius 3 is 2.39 bits per heavy atom. The van der Waals surface area contributed by atoms with E-state index in [-0.39, 0.29) is 4.75 Å². The van der Waals surface area contributed by atoms with Gasteiger partial charge in [0.05, 0.1) is 6.54 Å². The summed E-state index contributed by atoms with van der Waals surface area (Å²) in [5.74, 6) is 2.04. The molecule has 2 aromatic carbocycles. The van der Waals surface area contributed by atoms with Gasteiger partial charge in [0.1, 0.15) is 0 Å². The summed E-state index contributed by atoms with van der Waals surface area (Å²) in [6.07, 6.45) is 2.41. The molecule has 1 aliphatic carbocycles. The zero-order valence-corrected chi connectivity index (χ0v) is 18.0. The fourth-order valence-corrected chi connectivity index (χ4v) is 5.12. The summed E-state index contributed by atoms with van der Waals surface area (Å²) in [6.45, 7) is 4.34. The van der Waals surface area contributed by atoms with Crippen LogP contribution in [0.1, 0.15) is 25.3 Å². The van der Waals surface area contributed by atoms with Crippen LogP contribution >= 0.6 is 11.8 Å². The third kappa shape index (κ3) is 6.99. The van der Waals surface area contributed by atoms with Gasteiger partial charge in [0.2, 0.25) is 0 Å². The van der Waals surface area contributed by atoms with Crippen molar-refractivity contribution in [2.24, 2.45) is 4.99 Å². The second-order valence-electron chi connectivity index (χ2n) is 6.99. The van der Waals surface area contributed by atoms with Crippen molar-refractivity contribution in [2.75, 3.05) is 25.4 Å². The second-order valence-corrected chi connectivity index (χ2v) is 10.1. The van der Waals surface area contributed by atoms with Crippen LogP contribution in [0, 0.1) is 0 Å². The lowest BCUT2D eigenvalue weighted by Gasteiger charge is -2.15. The van der Waals surface area contributed by atoms with Crippen LogP contribution in [0.25, 0.3) is 0 Å². The fraction of sp³-hybridized carbons (Fsp3) is 0.409. The Morgan fingerprint density at radius 1 is 1.07 bits per heavy atom. The highest BCUT2D eigenvalue weighted by molar-refractivity contribution is 8.01. The molecule has 0 radical (unpaired) electrons. The minimum Gasteiger partial charge on any atom is -0.357 e. The van der Waals surface area contributed by atoms with Crippen molar-refractivity contribution >= 4 is 28.5 Å². The summed E-state index contributed by atoms with van der Waals surface area (Å²) in [6, 6.07) is 20.6. The van der Waals surface area contributed by atoms with Gasteiger partial charge in [-0.25, -0.2) is 0 Å². The van der Waals surface area contributed by atoms with Crippen LogP contribution in [-0.4, -0.2) is 40.3 Å². The standard InChI is InChI=1S/C22H29N3OS2/c1-2-23-21(24-15-16-28(26)17-19-9-5-3-6-10-19)25-18-22(13-14-22)27-20-11-7-4-8-12-20/h3-12H,2,13-18H2,1H3,(H2,23,24,25). The molecule has 2 N–H and O–H groups in total. The Morgan fingerprint density at radius 2 is 1.75 bits per heavy atom. The summed E-state index contributed by atoms with van der Waals surface area (Å²) < 4.78 is 12.5. The highest BCUT2D eigenvalue weighted by Crippen LogP contribution is 2.51. The quantitative estimate of drug-likeness (QED) is 0.458. The predicted molar refractivity (Wildman–Crippen MR) is 121 cm³/mol. The summed E-state index contributed by atoms with van der Waals surface area (Å²) >= 11 is 1.94. The van der Waals surface area contributed by atoms with Gasteiger partial charge < -0.3 is 10.6 Å². The smallest absolute Gasteiger partial charge is 0.191 e. The Hall–Kier alpha value is -1.79. The summed E-state index contributed by atoms with van der Waals surface area (Å²) in [5, 5.41) is 6.64. The van der Waals surface area contributed by atoms with Crippen molar-refractivity contribution in [3.05, 3.63) is 66.2 Å². The van der Waals surface area contributed by atoms with Gasteiger partial charge in [0.25, 0.3) is 0 Å². The lowest BCUT2D eigenvalue weighted by atomic mass is 10.2. The summed E-state index contributed by atoms with van der Waals surface area (Å²) in [5.41, 5.74) is 1.12. The van der Waals surface area contributed by atoms with Crippen LogP contribution in [0.2, 0.25) is 0 Å². The van der Waals surface area contributed by atoms with Crippen LogP contribution in [0.4, 0.5) is 0 Å². The van der Waals surface area contributed by atoms with Crippen molar-refractivity contribution in [2.45, 2.75) is 35.2 Å². The lowest BCUT2D eigenvalue weighted by molar-refractivity contribution is 0.680. The number of nitrogens with zero attached hydrogens (tertiary/aromatic N) is 1. The van der Waals surface area contributed by atoms with Crippen LogP contribution in [0.15, 0.2) is 70.6 Å². The van der Waals surface area contributed by atoms with Gasteiger partial charge in [-0.05, 0) is 37.5 Å².